The number of nitrogens with zero attached hydrogens (tertiary/aromatic N) is 3. The van der Waals surface area contributed by atoms with Gasteiger partial charge in [0, 0.05) is 61.5 Å². The Morgan fingerprint density at radius 3 is 2.51 bits per heavy atom. The van der Waals surface area contributed by atoms with Crippen LogP contribution in [-0.4, -0.2) is 62.4 Å². The third-order valence-electron chi connectivity index (χ3n) is 6.92. The summed E-state index contributed by atoms with van der Waals surface area (Å²) in [6.07, 6.45) is 1.56. The quantitative estimate of drug-likeness (QED) is 0.367. The minimum Gasteiger partial charge on any atom is -0.497 e. The lowest BCUT2D eigenvalue weighted by Gasteiger charge is -2.35. The first-order valence-corrected chi connectivity index (χ1v) is 14.0. The van der Waals surface area contributed by atoms with E-state index in [1.165, 1.54) is 19.2 Å². The van der Waals surface area contributed by atoms with Crippen LogP contribution in [0.25, 0.3) is 10.9 Å². The first kappa shape index (κ1) is 26.6. The fourth-order valence-corrected chi connectivity index (χ4v) is 6.03. The van der Waals surface area contributed by atoms with Crippen molar-refractivity contribution in [1.82, 2.24) is 14.8 Å². The van der Waals surface area contributed by atoms with Gasteiger partial charge in [0.05, 0.1) is 18.3 Å². The van der Waals surface area contributed by atoms with Crippen molar-refractivity contribution < 1.29 is 22.3 Å². The Morgan fingerprint density at radius 1 is 1.03 bits per heavy atom. The van der Waals surface area contributed by atoms with Crippen LogP contribution in [0.3, 0.4) is 0 Å². The van der Waals surface area contributed by atoms with E-state index in [2.05, 4.69) is 14.6 Å². The zero-order valence-electron chi connectivity index (χ0n) is 21.7. The van der Waals surface area contributed by atoms with E-state index in [0.29, 0.717) is 66.4 Å². The number of fused-ring (bicyclic) bond motifs is 1. The molecule has 1 aliphatic rings. The minimum absolute atomic E-state index is 0.0903. The number of rotatable bonds is 7. The third kappa shape index (κ3) is 5.71. The molecule has 0 atom stereocenters. The first-order valence-electron chi connectivity index (χ1n) is 12.6. The molecule has 0 saturated carbocycles. The fourth-order valence-electron chi connectivity index (χ4n) is 4.72. The molecule has 3 aromatic carbocycles. The monoisotopic (exact) mass is 548 g/mol. The summed E-state index contributed by atoms with van der Waals surface area (Å²) in [6.45, 7) is 4.48. The summed E-state index contributed by atoms with van der Waals surface area (Å²) < 4.78 is 48.4. The van der Waals surface area contributed by atoms with Crippen molar-refractivity contribution in [1.29, 1.82) is 0 Å². The Balaban J connectivity index is 1.24. The summed E-state index contributed by atoms with van der Waals surface area (Å²) >= 11 is 0. The maximum absolute atomic E-state index is 14.3. The molecule has 1 fully saturated rings. The number of methoxy groups -OCH3 is 1. The summed E-state index contributed by atoms with van der Waals surface area (Å²) in [5.41, 5.74) is 2.49. The van der Waals surface area contributed by atoms with Crippen molar-refractivity contribution in [3.8, 4) is 5.75 Å². The minimum atomic E-state index is -3.90. The standard InChI is InChI=1S/C29H29FN4O4S/c1-20-17-22(9-11-26(20)32-39(36,37)27-7-3-5-21-6-4-12-31-28(21)27)29(35)34-15-13-33(14-16-34)19-23-8-10-24(38-2)18-25(23)30/h3-12,17-18,32H,13-16,19H2,1-2H3. The summed E-state index contributed by atoms with van der Waals surface area (Å²) in [5, 5.41) is 0.729. The molecule has 8 nitrogen and oxygen atoms in total. The van der Waals surface area contributed by atoms with Crippen LogP contribution in [0.2, 0.25) is 0 Å². The maximum Gasteiger partial charge on any atom is 0.264 e. The van der Waals surface area contributed by atoms with Crippen molar-refractivity contribution in [2.45, 2.75) is 18.4 Å². The molecular weight excluding hydrogens is 519 g/mol. The van der Waals surface area contributed by atoms with Gasteiger partial charge in [-0.25, -0.2) is 12.8 Å². The molecule has 1 amide bonds. The lowest BCUT2D eigenvalue weighted by Crippen LogP contribution is -2.48. The number of sulfonamides is 1. The third-order valence-corrected chi connectivity index (χ3v) is 8.31. The van der Waals surface area contributed by atoms with Crippen LogP contribution in [0.15, 0.2) is 77.8 Å². The van der Waals surface area contributed by atoms with Gasteiger partial charge in [0.15, 0.2) is 0 Å². The van der Waals surface area contributed by atoms with Gasteiger partial charge in [-0.15, -0.1) is 0 Å². The van der Waals surface area contributed by atoms with Crippen LogP contribution in [0.1, 0.15) is 21.5 Å². The van der Waals surface area contributed by atoms with Crippen LogP contribution in [0.4, 0.5) is 10.1 Å². The van der Waals surface area contributed by atoms with Gasteiger partial charge >= 0.3 is 0 Å². The highest BCUT2D eigenvalue weighted by Gasteiger charge is 2.24. The number of benzene rings is 3. The molecule has 0 bridgehead atoms. The average Bonchev–Trinajstić information content (AvgIpc) is 2.94. The largest absolute Gasteiger partial charge is 0.497 e. The number of nitrogens with one attached hydrogen (secondary N) is 1. The normalized spacial score (nSPS) is 14.4. The van der Waals surface area contributed by atoms with Crippen LogP contribution in [0, 0.1) is 12.7 Å². The van der Waals surface area contributed by atoms with Crippen LogP contribution >= 0.6 is 0 Å². The lowest BCUT2D eigenvalue weighted by atomic mass is 10.1. The molecule has 0 aliphatic carbocycles. The van der Waals surface area contributed by atoms with Gasteiger partial charge in [-0.2, -0.15) is 0 Å². The van der Waals surface area contributed by atoms with E-state index >= 15 is 0 Å². The number of piperazine rings is 1. The second-order valence-electron chi connectivity index (χ2n) is 9.49. The van der Waals surface area contributed by atoms with Crippen LogP contribution < -0.4 is 9.46 Å². The first-order chi connectivity index (χ1) is 18.7. The Labute approximate surface area is 227 Å². The number of hydrogen-bond donors (Lipinski definition) is 1. The number of anilines is 1. The van der Waals surface area contributed by atoms with E-state index in [0.717, 1.165) is 5.39 Å². The van der Waals surface area contributed by atoms with E-state index in [1.54, 1.807) is 60.5 Å². The van der Waals surface area contributed by atoms with Gasteiger partial charge < -0.3 is 9.64 Å². The van der Waals surface area contributed by atoms with E-state index < -0.39 is 10.0 Å². The average molecular weight is 549 g/mol. The van der Waals surface area contributed by atoms with Crippen molar-refractivity contribution in [2.75, 3.05) is 38.0 Å². The van der Waals surface area contributed by atoms with Crippen molar-refractivity contribution >= 4 is 32.5 Å². The zero-order valence-corrected chi connectivity index (χ0v) is 22.5. The lowest BCUT2D eigenvalue weighted by molar-refractivity contribution is 0.0627. The maximum atomic E-state index is 14.3. The van der Waals surface area contributed by atoms with E-state index in [1.807, 2.05) is 12.1 Å². The van der Waals surface area contributed by atoms with E-state index in [9.17, 15) is 17.6 Å². The number of carbonyl (C=O) groups is 1. The zero-order chi connectivity index (χ0) is 27.6. The molecule has 2 heterocycles. The van der Waals surface area contributed by atoms with Gasteiger partial charge in [0.1, 0.15) is 16.5 Å². The molecular formula is C29H29FN4O4S. The molecule has 1 saturated heterocycles. The number of hydrogen-bond acceptors (Lipinski definition) is 6. The molecule has 5 rings (SSSR count). The molecule has 10 heteroatoms. The second-order valence-corrected chi connectivity index (χ2v) is 11.1. The predicted octanol–water partition coefficient (Wildman–Crippen LogP) is 4.45. The predicted molar refractivity (Wildman–Crippen MR) is 148 cm³/mol. The highest BCUT2D eigenvalue weighted by molar-refractivity contribution is 7.93. The Morgan fingerprint density at radius 2 is 1.79 bits per heavy atom. The number of aromatic nitrogens is 1. The topological polar surface area (TPSA) is 91.8 Å². The summed E-state index contributed by atoms with van der Waals surface area (Å²) in [5.74, 6) is 0.0446. The number of halogens is 1. The molecule has 1 aromatic heterocycles. The summed E-state index contributed by atoms with van der Waals surface area (Å²) in [6, 6.07) is 18.4. The highest BCUT2D eigenvalue weighted by Crippen LogP contribution is 2.26. The molecule has 0 radical (unpaired) electrons. The number of para-hydroxylation sites is 1. The number of pyridine rings is 1. The number of ether oxygens (including phenoxy) is 1. The van der Waals surface area contributed by atoms with Gasteiger partial charge in [-0.3, -0.25) is 19.4 Å². The van der Waals surface area contributed by atoms with Crippen molar-refractivity contribution in [2.24, 2.45) is 0 Å². The van der Waals surface area contributed by atoms with E-state index in [4.69, 9.17) is 4.74 Å². The molecule has 1 aliphatic heterocycles. The van der Waals surface area contributed by atoms with E-state index in [-0.39, 0.29) is 16.6 Å². The molecule has 1 N–H and O–H groups in total. The molecule has 0 spiro atoms. The second kappa shape index (κ2) is 11.0. The number of aryl methyl sites for hydroxylation is 1. The summed E-state index contributed by atoms with van der Waals surface area (Å²) in [4.78, 5) is 21.4. The van der Waals surface area contributed by atoms with Crippen molar-refractivity contribution in [3.05, 3.63) is 95.4 Å². The highest BCUT2D eigenvalue weighted by atomic mass is 32.2. The molecule has 0 unspecified atom stereocenters. The van der Waals surface area contributed by atoms with Crippen molar-refractivity contribution in [3.63, 3.8) is 0 Å². The SMILES string of the molecule is COc1ccc(CN2CCN(C(=O)c3ccc(NS(=O)(=O)c4cccc5cccnc45)c(C)c3)CC2)c(F)c1. The Bertz CT molecular complexity index is 1630. The van der Waals surface area contributed by atoms with Gasteiger partial charge in [0.25, 0.3) is 15.9 Å². The smallest absolute Gasteiger partial charge is 0.264 e. The number of carbonyl (C=O) groups excluding carboxylic acids is 1. The molecule has 4 aromatic rings. The molecule has 202 valence electrons. The Kier molecular flexibility index (Phi) is 7.49. The van der Waals surface area contributed by atoms with Gasteiger partial charge in [0.2, 0.25) is 0 Å². The fraction of sp³-hybridized carbons (Fsp3) is 0.241. The van der Waals surface area contributed by atoms with Crippen LogP contribution in [0.5, 0.6) is 5.75 Å². The Hall–Kier alpha value is -4.02. The van der Waals surface area contributed by atoms with Gasteiger partial charge in [-0.05, 0) is 48.9 Å². The van der Waals surface area contributed by atoms with Crippen LogP contribution in [-0.2, 0) is 16.6 Å². The van der Waals surface area contributed by atoms with Gasteiger partial charge in [-0.1, -0.05) is 24.3 Å². The molecule has 39 heavy (non-hydrogen) atoms. The summed E-state index contributed by atoms with van der Waals surface area (Å²) in [7, 11) is -2.40. The number of amides is 1.